The van der Waals surface area contributed by atoms with E-state index >= 15 is 0 Å². The number of anilines is 1. The Morgan fingerprint density at radius 3 is 2.47 bits per heavy atom. The molecule has 0 spiro atoms. The van der Waals surface area contributed by atoms with Gasteiger partial charge in [0.05, 0.1) is 11.5 Å². The minimum Gasteiger partial charge on any atom is -0.303 e. The highest BCUT2D eigenvalue weighted by Gasteiger charge is 2.50. The first kappa shape index (κ1) is 22.5. The third-order valence-electron chi connectivity index (χ3n) is 6.30. The number of aldehydes is 1. The van der Waals surface area contributed by atoms with Gasteiger partial charge in [0, 0.05) is 28.6 Å². The van der Waals surface area contributed by atoms with Crippen LogP contribution >= 0.6 is 23.2 Å². The van der Waals surface area contributed by atoms with E-state index < -0.39 is 5.41 Å². The van der Waals surface area contributed by atoms with Crippen LogP contribution < -0.4 is 4.90 Å². The second-order valence-electron chi connectivity index (χ2n) is 8.61. The fourth-order valence-electron chi connectivity index (χ4n) is 4.67. The highest BCUT2D eigenvalue weighted by molar-refractivity contribution is 6.30. The molecule has 2 heterocycles. The third kappa shape index (κ3) is 4.17. The Morgan fingerprint density at radius 2 is 1.81 bits per heavy atom. The third-order valence-corrected chi connectivity index (χ3v) is 6.78. The molecule has 2 aromatic carbocycles. The van der Waals surface area contributed by atoms with Crippen molar-refractivity contribution in [3.63, 3.8) is 0 Å². The maximum atomic E-state index is 14.0. The van der Waals surface area contributed by atoms with Crippen molar-refractivity contribution in [2.75, 3.05) is 4.90 Å². The van der Waals surface area contributed by atoms with Crippen LogP contribution in [-0.4, -0.2) is 17.2 Å². The van der Waals surface area contributed by atoms with Crippen molar-refractivity contribution in [3.8, 4) is 0 Å². The van der Waals surface area contributed by atoms with Crippen LogP contribution in [0.15, 0.2) is 66.9 Å². The number of hydrogen-bond acceptors (Lipinski definition) is 3. The van der Waals surface area contributed by atoms with Gasteiger partial charge in [0.15, 0.2) is 0 Å². The van der Waals surface area contributed by atoms with Gasteiger partial charge >= 0.3 is 0 Å². The second-order valence-corrected chi connectivity index (χ2v) is 9.49. The monoisotopic (exact) mass is 466 g/mol. The van der Waals surface area contributed by atoms with Gasteiger partial charge in [-0.2, -0.15) is 0 Å². The van der Waals surface area contributed by atoms with Gasteiger partial charge in [-0.1, -0.05) is 60.5 Å². The van der Waals surface area contributed by atoms with E-state index in [0.29, 0.717) is 22.3 Å². The molecule has 0 radical (unpaired) electrons. The number of halogens is 2. The van der Waals surface area contributed by atoms with Crippen molar-refractivity contribution in [3.05, 3.63) is 93.6 Å². The molecule has 0 bridgehead atoms. The van der Waals surface area contributed by atoms with Crippen LogP contribution in [0.5, 0.6) is 0 Å². The molecule has 4 nitrogen and oxygen atoms in total. The summed E-state index contributed by atoms with van der Waals surface area (Å²) in [4.78, 5) is 31.9. The molecule has 1 aliphatic heterocycles. The number of nitrogens with zero attached hydrogens (tertiary/aromatic N) is 2. The quantitative estimate of drug-likeness (QED) is 0.400. The van der Waals surface area contributed by atoms with Gasteiger partial charge in [0.25, 0.3) is 0 Å². The van der Waals surface area contributed by atoms with Crippen LogP contribution in [0.3, 0.4) is 0 Å². The van der Waals surface area contributed by atoms with Gasteiger partial charge in [-0.15, -0.1) is 0 Å². The Kier molecular flexibility index (Phi) is 6.36. The highest BCUT2D eigenvalue weighted by Crippen LogP contribution is 2.52. The van der Waals surface area contributed by atoms with E-state index in [4.69, 9.17) is 23.2 Å². The smallest absolute Gasteiger partial charge is 0.235 e. The van der Waals surface area contributed by atoms with Gasteiger partial charge in [-0.05, 0) is 60.4 Å². The molecule has 3 aromatic rings. The van der Waals surface area contributed by atoms with Crippen molar-refractivity contribution in [2.45, 2.75) is 38.6 Å². The van der Waals surface area contributed by atoms with E-state index in [1.165, 1.54) is 0 Å². The van der Waals surface area contributed by atoms with Gasteiger partial charge in [-0.25, -0.2) is 4.98 Å². The first-order chi connectivity index (χ1) is 15.3. The van der Waals surface area contributed by atoms with Crippen molar-refractivity contribution in [1.29, 1.82) is 0 Å². The molecule has 1 aromatic heterocycles. The molecule has 32 heavy (non-hydrogen) atoms. The Bertz CT molecular complexity index is 1150. The average molecular weight is 467 g/mol. The highest BCUT2D eigenvalue weighted by atomic mass is 35.5. The number of piperidine rings is 1. The summed E-state index contributed by atoms with van der Waals surface area (Å²) in [5.41, 5.74) is 1.99. The summed E-state index contributed by atoms with van der Waals surface area (Å²) in [5, 5.41) is 1.26. The predicted molar refractivity (Wildman–Crippen MR) is 128 cm³/mol. The molecule has 3 atom stereocenters. The molecule has 1 saturated heterocycles. The lowest BCUT2D eigenvalue weighted by Crippen LogP contribution is -2.52. The molecule has 1 fully saturated rings. The summed E-state index contributed by atoms with van der Waals surface area (Å²) in [5.74, 6) is 0.393. The zero-order valence-corrected chi connectivity index (χ0v) is 19.5. The van der Waals surface area contributed by atoms with E-state index in [9.17, 15) is 9.59 Å². The van der Waals surface area contributed by atoms with E-state index in [2.05, 4.69) is 4.98 Å². The Balaban J connectivity index is 1.97. The standard InChI is InChI=1S/C26H24Cl2N2O2/c1-17-5-4-13-29-24(17)30-23(18-8-10-20(27)11-9-18)22(19-6-3-7-21(28)15-19)16-26(2,12-14-31)25(30)32/h3-11,13-15,22-23H,12,16H2,1-2H3/t22?,23?,26-/m0/s1. The van der Waals surface area contributed by atoms with Crippen molar-refractivity contribution in [2.24, 2.45) is 5.41 Å². The average Bonchev–Trinajstić information content (AvgIpc) is 2.77. The molecule has 6 heteroatoms. The molecular formula is C26H24Cl2N2O2. The van der Waals surface area contributed by atoms with Crippen molar-refractivity contribution < 1.29 is 9.59 Å². The zero-order valence-electron chi connectivity index (χ0n) is 18.0. The van der Waals surface area contributed by atoms with Crippen LogP contribution in [0.2, 0.25) is 10.0 Å². The number of rotatable bonds is 5. The number of carbonyl (C=O) groups excluding carboxylic acids is 2. The van der Waals surface area contributed by atoms with Crippen LogP contribution in [0, 0.1) is 12.3 Å². The lowest BCUT2D eigenvalue weighted by molar-refractivity contribution is -0.133. The normalized spacial score (nSPS) is 23.2. The SMILES string of the molecule is Cc1cccnc1N1C(=O)[C@@](C)(CC=O)CC(c2cccc(Cl)c2)C1c1ccc(Cl)cc1. The molecule has 164 valence electrons. The van der Waals surface area contributed by atoms with Gasteiger partial charge in [-0.3, -0.25) is 9.69 Å². The lowest BCUT2D eigenvalue weighted by Gasteiger charge is -2.48. The fourth-order valence-corrected chi connectivity index (χ4v) is 5.00. The summed E-state index contributed by atoms with van der Waals surface area (Å²) in [6.07, 6.45) is 3.17. The summed E-state index contributed by atoms with van der Waals surface area (Å²) in [7, 11) is 0. The first-order valence-electron chi connectivity index (χ1n) is 10.5. The number of benzene rings is 2. The van der Waals surface area contributed by atoms with Gasteiger partial charge in [0.2, 0.25) is 5.91 Å². The van der Waals surface area contributed by atoms with Crippen LogP contribution in [0.1, 0.15) is 48.4 Å². The number of aromatic nitrogens is 1. The minimum absolute atomic E-state index is 0.0982. The number of aryl methyl sites for hydroxylation is 1. The van der Waals surface area contributed by atoms with Gasteiger partial charge in [0.1, 0.15) is 12.1 Å². The summed E-state index contributed by atoms with van der Waals surface area (Å²) in [6.45, 7) is 3.80. The van der Waals surface area contributed by atoms with Crippen LogP contribution in [0.4, 0.5) is 5.82 Å². The van der Waals surface area contributed by atoms with Crippen molar-refractivity contribution >= 4 is 41.2 Å². The Morgan fingerprint density at radius 1 is 1.06 bits per heavy atom. The molecule has 0 saturated carbocycles. The minimum atomic E-state index is -0.860. The number of carbonyl (C=O) groups is 2. The number of amides is 1. The zero-order chi connectivity index (χ0) is 22.9. The van der Waals surface area contributed by atoms with E-state index in [1.807, 2.05) is 74.5 Å². The Hall–Kier alpha value is -2.69. The number of pyridine rings is 1. The van der Waals surface area contributed by atoms with Crippen molar-refractivity contribution in [1.82, 2.24) is 4.98 Å². The molecular weight excluding hydrogens is 443 g/mol. The van der Waals surface area contributed by atoms with E-state index in [0.717, 1.165) is 23.0 Å². The molecule has 0 N–H and O–H groups in total. The molecule has 1 amide bonds. The van der Waals surface area contributed by atoms with Crippen LogP contribution in [0.25, 0.3) is 0 Å². The number of hydrogen-bond donors (Lipinski definition) is 0. The van der Waals surface area contributed by atoms with E-state index in [-0.39, 0.29) is 24.3 Å². The summed E-state index contributed by atoms with van der Waals surface area (Å²) < 4.78 is 0. The second kappa shape index (κ2) is 9.05. The molecule has 0 aliphatic carbocycles. The van der Waals surface area contributed by atoms with Crippen LogP contribution in [-0.2, 0) is 9.59 Å². The molecule has 1 aliphatic rings. The van der Waals surface area contributed by atoms with Gasteiger partial charge < -0.3 is 4.79 Å². The largest absolute Gasteiger partial charge is 0.303 e. The lowest BCUT2D eigenvalue weighted by atomic mass is 9.67. The first-order valence-corrected chi connectivity index (χ1v) is 11.3. The topological polar surface area (TPSA) is 50.3 Å². The summed E-state index contributed by atoms with van der Waals surface area (Å²) in [6, 6.07) is 18.7. The van der Waals surface area contributed by atoms with E-state index in [1.54, 1.807) is 11.1 Å². The fraction of sp³-hybridized carbons (Fsp3) is 0.269. The summed E-state index contributed by atoms with van der Waals surface area (Å²) >= 11 is 12.5. The maximum absolute atomic E-state index is 14.0. The maximum Gasteiger partial charge on any atom is 0.235 e. The predicted octanol–water partition coefficient (Wildman–Crippen LogP) is 6.55. The Labute approximate surface area is 198 Å². The molecule has 2 unspecified atom stereocenters. The molecule has 4 rings (SSSR count).